The van der Waals surface area contributed by atoms with Crippen LogP contribution in [0.5, 0.6) is 0 Å². The molecule has 1 rings (SSSR count). The molecular weight excluding hydrogens is 252 g/mol. The summed E-state index contributed by atoms with van der Waals surface area (Å²) in [6, 6.07) is 0. The molecule has 18 heavy (non-hydrogen) atoms. The highest BCUT2D eigenvalue weighted by atomic mass is 32.1. The summed E-state index contributed by atoms with van der Waals surface area (Å²) in [5.74, 6) is -0.0270. The summed E-state index contributed by atoms with van der Waals surface area (Å²) in [6.07, 6.45) is 0.484. The van der Waals surface area contributed by atoms with Crippen molar-refractivity contribution in [2.75, 3.05) is 24.2 Å². The van der Waals surface area contributed by atoms with Crippen molar-refractivity contribution in [3.05, 3.63) is 4.88 Å². The van der Waals surface area contributed by atoms with Crippen LogP contribution in [-0.4, -0.2) is 34.7 Å². The number of carbonyl (C=O) groups is 1. The standard InChI is InChI=1S/C11H20N4O2S/c1-4-13-10-14-8(12)7(18-10)9(17)15-11(2,3)5-6-16/h16H,4-6,12H2,1-3H3,(H,13,14)(H,15,17). The van der Waals surface area contributed by atoms with Gasteiger partial charge in [0.2, 0.25) is 0 Å². The molecule has 7 heteroatoms. The summed E-state index contributed by atoms with van der Waals surface area (Å²) < 4.78 is 0. The maximum Gasteiger partial charge on any atom is 0.265 e. The third kappa shape index (κ3) is 3.85. The average molecular weight is 272 g/mol. The number of nitrogens with one attached hydrogen (secondary N) is 2. The van der Waals surface area contributed by atoms with Crippen LogP contribution in [-0.2, 0) is 0 Å². The molecule has 0 bridgehead atoms. The van der Waals surface area contributed by atoms with Crippen LogP contribution in [0.25, 0.3) is 0 Å². The van der Waals surface area contributed by atoms with Crippen LogP contribution in [0, 0.1) is 0 Å². The zero-order valence-corrected chi connectivity index (χ0v) is 11.7. The summed E-state index contributed by atoms with van der Waals surface area (Å²) in [7, 11) is 0. The van der Waals surface area contributed by atoms with Gasteiger partial charge in [0.05, 0.1) is 0 Å². The molecule has 0 radical (unpaired) electrons. The minimum Gasteiger partial charge on any atom is -0.396 e. The number of aliphatic hydroxyl groups excluding tert-OH is 1. The van der Waals surface area contributed by atoms with Crippen molar-refractivity contribution in [2.45, 2.75) is 32.7 Å². The first-order chi connectivity index (χ1) is 8.39. The van der Waals surface area contributed by atoms with E-state index in [0.717, 1.165) is 6.54 Å². The van der Waals surface area contributed by atoms with Gasteiger partial charge >= 0.3 is 0 Å². The van der Waals surface area contributed by atoms with Crippen molar-refractivity contribution in [2.24, 2.45) is 0 Å². The molecule has 0 saturated heterocycles. The normalized spacial score (nSPS) is 11.3. The molecule has 6 nitrogen and oxygen atoms in total. The Labute approximate surface area is 111 Å². The molecule has 0 atom stereocenters. The Hall–Kier alpha value is -1.34. The highest BCUT2D eigenvalue weighted by molar-refractivity contribution is 7.18. The topological polar surface area (TPSA) is 100 Å². The summed E-state index contributed by atoms with van der Waals surface area (Å²) in [5, 5.41) is 15.4. The van der Waals surface area contributed by atoms with Gasteiger partial charge in [0.1, 0.15) is 10.7 Å². The highest BCUT2D eigenvalue weighted by Crippen LogP contribution is 2.25. The first kappa shape index (κ1) is 14.7. The quantitative estimate of drug-likeness (QED) is 0.620. The van der Waals surface area contributed by atoms with Gasteiger partial charge in [-0.1, -0.05) is 11.3 Å². The summed E-state index contributed by atoms with van der Waals surface area (Å²) in [4.78, 5) is 16.5. The van der Waals surface area contributed by atoms with Crippen LogP contribution >= 0.6 is 11.3 Å². The fourth-order valence-electron chi connectivity index (χ4n) is 1.43. The molecule has 0 fully saturated rings. The van der Waals surface area contributed by atoms with Crippen LogP contribution in [0.2, 0.25) is 0 Å². The van der Waals surface area contributed by atoms with Crippen LogP contribution in [0.15, 0.2) is 0 Å². The van der Waals surface area contributed by atoms with E-state index in [1.807, 2.05) is 20.8 Å². The highest BCUT2D eigenvalue weighted by Gasteiger charge is 2.23. The van der Waals surface area contributed by atoms with Crippen LogP contribution in [0.3, 0.4) is 0 Å². The van der Waals surface area contributed by atoms with E-state index in [0.29, 0.717) is 16.4 Å². The SMILES string of the molecule is CCNc1nc(N)c(C(=O)NC(C)(C)CCO)s1. The van der Waals surface area contributed by atoms with Gasteiger partial charge in [0, 0.05) is 18.7 Å². The lowest BCUT2D eigenvalue weighted by molar-refractivity contribution is 0.0904. The second-order valence-electron chi connectivity index (χ2n) is 4.58. The number of aromatic nitrogens is 1. The van der Waals surface area contributed by atoms with Gasteiger partial charge in [-0.25, -0.2) is 4.98 Å². The van der Waals surface area contributed by atoms with Crippen molar-refractivity contribution < 1.29 is 9.90 Å². The van der Waals surface area contributed by atoms with E-state index in [1.165, 1.54) is 11.3 Å². The molecule has 0 aromatic carbocycles. The Morgan fingerprint density at radius 2 is 2.22 bits per heavy atom. The summed E-state index contributed by atoms with van der Waals surface area (Å²) in [6.45, 7) is 6.40. The van der Waals surface area contributed by atoms with E-state index < -0.39 is 5.54 Å². The molecule has 0 spiro atoms. The zero-order valence-electron chi connectivity index (χ0n) is 10.9. The molecule has 0 aliphatic heterocycles. The van der Waals surface area contributed by atoms with Gasteiger partial charge in [0.15, 0.2) is 5.13 Å². The van der Waals surface area contributed by atoms with Gasteiger partial charge in [-0.3, -0.25) is 4.79 Å². The zero-order chi connectivity index (χ0) is 13.8. The monoisotopic (exact) mass is 272 g/mol. The smallest absolute Gasteiger partial charge is 0.265 e. The average Bonchev–Trinajstić information content (AvgIpc) is 2.59. The van der Waals surface area contributed by atoms with Gasteiger partial charge in [-0.2, -0.15) is 0 Å². The lowest BCUT2D eigenvalue weighted by Crippen LogP contribution is -2.43. The molecule has 1 aromatic rings. The maximum atomic E-state index is 12.0. The van der Waals surface area contributed by atoms with Gasteiger partial charge in [-0.15, -0.1) is 0 Å². The van der Waals surface area contributed by atoms with Gasteiger partial charge in [-0.05, 0) is 27.2 Å². The van der Waals surface area contributed by atoms with E-state index in [1.54, 1.807) is 0 Å². The molecule has 1 heterocycles. The number of nitrogens with zero attached hydrogens (tertiary/aromatic N) is 1. The summed E-state index contributed by atoms with van der Waals surface area (Å²) in [5.41, 5.74) is 5.24. The Morgan fingerprint density at radius 3 is 2.78 bits per heavy atom. The third-order valence-corrected chi connectivity index (χ3v) is 3.40. The minimum absolute atomic E-state index is 0.0219. The molecule has 1 amide bonds. The third-order valence-electron chi connectivity index (χ3n) is 2.38. The number of aliphatic hydroxyl groups is 1. The molecule has 102 valence electrons. The number of hydrogen-bond acceptors (Lipinski definition) is 6. The predicted octanol–water partition coefficient (Wildman–Crippen LogP) is 1.05. The van der Waals surface area contributed by atoms with Gasteiger partial charge < -0.3 is 21.5 Å². The first-order valence-corrected chi connectivity index (χ1v) is 6.65. The number of hydrogen-bond donors (Lipinski definition) is 4. The number of nitrogens with two attached hydrogens (primary N) is 1. The van der Waals surface area contributed by atoms with Crippen LogP contribution in [0.4, 0.5) is 10.9 Å². The number of amides is 1. The van der Waals surface area contributed by atoms with Crippen LogP contribution in [0.1, 0.15) is 36.9 Å². The molecular formula is C11H20N4O2S. The van der Waals surface area contributed by atoms with E-state index in [-0.39, 0.29) is 18.3 Å². The lowest BCUT2D eigenvalue weighted by Gasteiger charge is -2.24. The van der Waals surface area contributed by atoms with Crippen LogP contribution < -0.4 is 16.4 Å². The van der Waals surface area contributed by atoms with Crippen molar-refractivity contribution in [1.82, 2.24) is 10.3 Å². The Balaban J connectivity index is 2.78. The predicted molar refractivity (Wildman–Crippen MR) is 73.9 cm³/mol. The fourth-order valence-corrected chi connectivity index (χ4v) is 2.28. The molecule has 0 unspecified atom stereocenters. The van der Waals surface area contributed by atoms with Crippen molar-refractivity contribution >= 4 is 28.2 Å². The van der Waals surface area contributed by atoms with Crippen molar-refractivity contribution in [3.8, 4) is 0 Å². The van der Waals surface area contributed by atoms with E-state index in [4.69, 9.17) is 10.8 Å². The molecule has 5 N–H and O–H groups in total. The molecule has 0 aliphatic rings. The second-order valence-corrected chi connectivity index (χ2v) is 5.57. The summed E-state index contributed by atoms with van der Waals surface area (Å²) >= 11 is 1.23. The first-order valence-electron chi connectivity index (χ1n) is 5.83. The number of rotatable bonds is 6. The van der Waals surface area contributed by atoms with Gasteiger partial charge in [0.25, 0.3) is 5.91 Å². The number of anilines is 2. The van der Waals surface area contributed by atoms with Crippen molar-refractivity contribution in [1.29, 1.82) is 0 Å². The Morgan fingerprint density at radius 1 is 1.56 bits per heavy atom. The number of thiazole rings is 1. The van der Waals surface area contributed by atoms with E-state index in [9.17, 15) is 4.79 Å². The molecule has 0 aliphatic carbocycles. The Bertz CT molecular complexity index is 417. The minimum atomic E-state index is -0.472. The number of carbonyl (C=O) groups excluding carboxylic acids is 1. The van der Waals surface area contributed by atoms with E-state index >= 15 is 0 Å². The molecule has 1 aromatic heterocycles. The largest absolute Gasteiger partial charge is 0.396 e. The second kappa shape index (κ2) is 6.01. The Kier molecular flexibility index (Phi) is 4.92. The maximum absolute atomic E-state index is 12.0. The van der Waals surface area contributed by atoms with Crippen molar-refractivity contribution in [3.63, 3.8) is 0 Å². The lowest BCUT2D eigenvalue weighted by atomic mass is 10.0. The fraction of sp³-hybridized carbons (Fsp3) is 0.636. The molecule has 0 saturated carbocycles. The number of nitrogen functional groups attached to an aromatic ring is 1. The van der Waals surface area contributed by atoms with E-state index in [2.05, 4.69) is 15.6 Å².